The number of carbonyl (C=O) groups is 7. The van der Waals surface area contributed by atoms with Crippen molar-refractivity contribution in [1.29, 1.82) is 0 Å². The number of aliphatic carboxylic acids is 1. The third-order valence-electron chi connectivity index (χ3n) is 13.0. The molecule has 0 spiro atoms. The first-order valence-electron chi connectivity index (χ1n) is 22.2. The van der Waals surface area contributed by atoms with Gasteiger partial charge >= 0.3 is 5.97 Å². The maximum atomic E-state index is 14.6. The van der Waals surface area contributed by atoms with Crippen molar-refractivity contribution in [3.8, 4) is 0 Å². The molecule has 1 aromatic heterocycles. The summed E-state index contributed by atoms with van der Waals surface area (Å²) in [6.07, 6.45) is 7.83. The summed E-state index contributed by atoms with van der Waals surface area (Å²) in [4.78, 5) is 101. The second-order valence-corrected chi connectivity index (χ2v) is 18.8. The summed E-state index contributed by atoms with van der Waals surface area (Å²) in [6.45, 7) is 12.8. The number of ketones is 1. The summed E-state index contributed by atoms with van der Waals surface area (Å²) < 4.78 is 0. The molecule has 2 aliphatic rings. The number of amides is 5. The van der Waals surface area contributed by atoms with Gasteiger partial charge in [-0.2, -0.15) is 0 Å². The number of carboxylic acids is 1. The molecule has 2 aliphatic heterocycles. The maximum Gasteiger partial charge on any atom is 0.306 e. The number of rotatable bonds is 25. The monoisotopic (exact) mass is 876 g/mol. The van der Waals surface area contributed by atoms with Gasteiger partial charge in [0.25, 0.3) is 17.7 Å². The van der Waals surface area contributed by atoms with Gasteiger partial charge in [0.05, 0.1) is 17.5 Å². The second kappa shape index (κ2) is 23.1. The Labute approximate surface area is 371 Å². The van der Waals surface area contributed by atoms with Crippen molar-refractivity contribution in [1.82, 2.24) is 30.3 Å². The minimum absolute atomic E-state index is 0.0465. The number of likely N-dealkylation sites (N-methyl/N-ethyl adjacent to an activating group) is 1. The van der Waals surface area contributed by atoms with Gasteiger partial charge in [-0.3, -0.25) is 43.4 Å². The molecule has 0 bridgehead atoms. The number of imide groups is 1. The predicted octanol–water partition coefficient (Wildman–Crippen LogP) is 6.22. The van der Waals surface area contributed by atoms with Gasteiger partial charge in [-0.25, -0.2) is 4.98 Å². The van der Waals surface area contributed by atoms with Gasteiger partial charge in [0.2, 0.25) is 11.8 Å². The summed E-state index contributed by atoms with van der Waals surface area (Å²) in [5.74, 6) is -3.72. The highest BCUT2D eigenvalue weighted by molar-refractivity contribution is 7.09. The first-order valence-corrected chi connectivity index (χ1v) is 23.1. The molecule has 14 nitrogen and oxygen atoms in total. The standard InChI is InChI=1S/C47H68N6O8S/c1-9-31(4)35(27-39(54)47(6)22-16-23-51(47)7)45(59)52(8)38(30(2)3)28-36(49-40(55)19-14-11-15-24-53-41(56)20-21-42(53)57)44-50-37(29-62-44)43(58)48-34(25-32(5)46(60)61)26-33-17-12-10-13-18-33/h10,12-13,17-18,20-21,29-32,34-36,38H,9,11,14-16,19,22-28H2,1-8H3,(H,48,58)(H,49,55)(H,60,61)/t31-,32-,34+,35-,36+,38+,47+/m0/s1. The van der Waals surface area contributed by atoms with Crippen molar-refractivity contribution in [2.45, 2.75) is 136 Å². The quantitative estimate of drug-likeness (QED) is 0.0765. The van der Waals surface area contributed by atoms with Crippen LogP contribution < -0.4 is 10.6 Å². The number of carboxylic acid groups (broad SMARTS) is 1. The van der Waals surface area contributed by atoms with E-state index in [0.29, 0.717) is 37.1 Å². The number of nitrogens with zero attached hydrogens (tertiary/aromatic N) is 4. The topological polar surface area (TPSA) is 186 Å². The summed E-state index contributed by atoms with van der Waals surface area (Å²) in [5, 5.41) is 17.9. The Balaban J connectivity index is 1.55. The molecule has 1 fully saturated rings. The number of hydrogen-bond donors (Lipinski definition) is 3. The van der Waals surface area contributed by atoms with Crippen LogP contribution in [0.25, 0.3) is 0 Å². The fourth-order valence-electron chi connectivity index (χ4n) is 8.53. The highest BCUT2D eigenvalue weighted by Crippen LogP contribution is 2.34. The number of nitrogens with one attached hydrogen (secondary N) is 2. The molecule has 3 heterocycles. The molecule has 2 aromatic rings. The van der Waals surface area contributed by atoms with E-state index < -0.39 is 41.3 Å². The van der Waals surface area contributed by atoms with Gasteiger partial charge in [-0.05, 0) is 82.9 Å². The molecule has 62 heavy (non-hydrogen) atoms. The molecule has 1 aromatic carbocycles. The van der Waals surface area contributed by atoms with E-state index in [1.54, 1.807) is 24.3 Å². The zero-order valence-corrected chi connectivity index (χ0v) is 38.7. The largest absolute Gasteiger partial charge is 0.481 e. The molecule has 0 aliphatic carbocycles. The molecule has 5 amide bonds. The number of likely N-dealkylation sites (tertiary alicyclic amines) is 1. The van der Waals surface area contributed by atoms with E-state index in [2.05, 4.69) is 15.5 Å². The molecular formula is C47H68N6O8S. The molecule has 340 valence electrons. The van der Waals surface area contributed by atoms with Gasteiger partial charge in [-0.1, -0.05) is 77.8 Å². The number of Topliss-reactive ketones (excluding diaryl/α,β-unsaturated/α-hetero) is 1. The SMILES string of the molecule is CC[C@H](C)[C@H](CC(=O)[C@@]1(C)CCCN1C)C(=O)N(C)[C@H](C[C@@H](NC(=O)CCCCCN1C(=O)C=CC1=O)c1nc(C(=O)N[C@@H](Cc2ccccc2)C[C@H](C)C(=O)O)cs1)C(C)C. The average Bonchev–Trinajstić information content (AvgIpc) is 3.96. The van der Waals surface area contributed by atoms with E-state index in [0.717, 1.165) is 31.4 Å². The number of hydrogen-bond acceptors (Lipinski definition) is 10. The highest BCUT2D eigenvalue weighted by atomic mass is 32.1. The van der Waals surface area contributed by atoms with Crippen molar-refractivity contribution >= 4 is 52.6 Å². The lowest BCUT2D eigenvalue weighted by Gasteiger charge is -2.38. The van der Waals surface area contributed by atoms with Crippen LogP contribution in [0.4, 0.5) is 0 Å². The van der Waals surface area contributed by atoms with Crippen molar-refractivity contribution in [3.63, 3.8) is 0 Å². The van der Waals surface area contributed by atoms with E-state index >= 15 is 0 Å². The van der Waals surface area contributed by atoms with Crippen molar-refractivity contribution in [3.05, 3.63) is 64.1 Å². The fourth-order valence-corrected chi connectivity index (χ4v) is 9.40. The van der Waals surface area contributed by atoms with Crippen LogP contribution in [0, 0.1) is 23.7 Å². The maximum absolute atomic E-state index is 14.6. The zero-order valence-electron chi connectivity index (χ0n) is 37.9. The molecule has 0 unspecified atom stereocenters. The number of benzene rings is 1. The van der Waals surface area contributed by atoms with Gasteiger partial charge in [0.1, 0.15) is 10.7 Å². The average molecular weight is 877 g/mol. The minimum Gasteiger partial charge on any atom is -0.481 e. The Bertz CT molecular complexity index is 1900. The van der Waals surface area contributed by atoms with Gasteiger partial charge in [0, 0.05) is 62.0 Å². The molecule has 1 saturated heterocycles. The Morgan fingerprint density at radius 3 is 2.24 bits per heavy atom. The summed E-state index contributed by atoms with van der Waals surface area (Å²) in [6, 6.07) is 7.99. The molecule has 7 atom stereocenters. The van der Waals surface area contributed by atoms with E-state index in [1.807, 2.05) is 72.0 Å². The lowest BCUT2D eigenvalue weighted by molar-refractivity contribution is -0.143. The number of aromatic nitrogens is 1. The van der Waals surface area contributed by atoms with Gasteiger partial charge in [-0.15, -0.1) is 11.3 Å². The van der Waals surface area contributed by atoms with Crippen LogP contribution in [0.3, 0.4) is 0 Å². The molecular weight excluding hydrogens is 809 g/mol. The van der Waals surface area contributed by atoms with Crippen molar-refractivity contribution in [2.75, 3.05) is 27.2 Å². The van der Waals surface area contributed by atoms with E-state index in [4.69, 9.17) is 4.98 Å². The molecule has 15 heteroatoms. The van der Waals surface area contributed by atoms with E-state index in [1.165, 1.54) is 28.4 Å². The normalized spacial score (nSPS) is 19.5. The number of thiazole rings is 1. The van der Waals surface area contributed by atoms with Crippen LogP contribution in [0.5, 0.6) is 0 Å². The molecule has 3 N–H and O–H groups in total. The smallest absolute Gasteiger partial charge is 0.306 e. The third-order valence-corrected chi connectivity index (χ3v) is 14.0. The summed E-state index contributed by atoms with van der Waals surface area (Å²) >= 11 is 1.23. The van der Waals surface area contributed by atoms with Crippen molar-refractivity contribution in [2.24, 2.45) is 23.7 Å². The summed E-state index contributed by atoms with van der Waals surface area (Å²) in [5.41, 5.74) is 0.477. The zero-order chi connectivity index (χ0) is 45.7. The van der Waals surface area contributed by atoms with E-state index in [-0.39, 0.29) is 78.8 Å². The second-order valence-electron chi connectivity index (χ2n) is 17.9. The van der Waals surface area contributed by atoms with E-state index in [9.17, 15) is 38.7 Å². The summed E-state index contributed by atoms with van der Waals surface area (Å²) in [7, 11) is 3.74. The third kappa shape index (κ3) is 13.4. The molecule has 0 saturated carbocycles. The Morgan fingerprint density at radius 2 is 1.65 bits per heavy atom. The van der Waals surface area contributed by atoms with Crippen LogP contribution in [0.2, 0.25) is 0 Å². The molecule has 4 rings (SSSR count). The first-order chi connectivity index (χ1) is 29.4. The van der Waals surface area contributed by atoms with Crippen LogP contribution >= 0.6 is 11.3 Å². The highest BCUT2D eigenvalue weighted by Gasteiger charge is 2.44. The van der Waals surface area contributed by atoms with Gasteiger partial charge in [0.15, 0.2) is 5.78 Å². The van der Waals surface area contributed by atoms with Crippen LogP contribution in [0.1, 0.15) is 133 Å². The predicted molar refractivity (Wildman–Crippen MR) is 239 cm³/mol. The fraction of sp³-hybridized carbons (Fsp3) is 0.617. The number of unbranched alkanes of at least 4 members (excludes halogenated alkanes) is 2. The molecule has 0 radical (unpaired) electrons. The van der Waals surface area contributed by atoms with Crippen LogP contribution in [-0.2, 0) is 35.2 Å². The lowest BCUT2D eigenvalue weighted by atomic mass is 9.80. The minimum atomic E-state index is -0.957. The lowest BCUT2D eigenvalue weighted by Crippen LogP contribution is -2.50. The van der Waals surface area contributed by atoms with Crippen LogP contribution in [-0.4, -0.2) is 111 Å². The first kappa shape index (κ1) is 49.9. The number of carbonyl (C=O) groups excluding carboxylic acids is 6. The van der Waals surface area contributed by atoms with Gasteiger partial charge < -0.3 is 20.6 Å². The Hall–Kier alpha value is -4.76. The van der Waals surface area contributed by atoms with Crippen LogP contribution in [0.15, 0.2) is 47.9 Å². The Morgan fingerprint density at radius 1 is 0.968 bits per heavy atom. The van der Waals surface area contributed by atoms with Crippen molar-refractivity contribution < 1.29 is 38.7 Å². The Kier molecular flexibility index (Phi) is 18.6.